The number of aryl methyl sites for hydroxylation is 1. The van der Waals surface area contributed by atoms with Crippen LogP contribution in [0.3, 0.4) is 0 Å². The molecule has 4 aromatic rings. The van der Waals surface area contributed by atoms with Gasteiger partial charge in [-0.1, -0.05) is 35.5 Å². The zero-order chi connectivity index (χ0) is 20.1. The minimum absolute atomic E-state index is 0.614. The van der Waals surface area contributed by atoms with Crippen molar-refractivity contribution in [1.29, 1.82) is 0 Å². The average molecular weight is 400 g/mol. The summed E-state index contributed by atoms with van der Waals surface area (Å²) in [6, 6.07) is 15.2. The summed E-state index contributed by atoms with van der Waals surface area (Å²) in [5.41, 5.74) is 3.23. The number of benzene rings is 1. The number of hydrogen-bond acceptors (Lipinski definition) is 6. The SMILES string of the molecule is Cc1noc(N2C[C@H]3CC[C@@H](C2)C3Cc2nc3c(-c4ccccc4)cccn3n2)n1. The van der Waals surface area contributed by atoms with E-state index < -0.39 is 0 Å². The second-order valence-corrected chi connectivity index (χ2v) is 8.58. The molecule has 1 aliphatic heterocycles. The number of piperidine rings is 1. The molecule has 2 aliphatic rings. The molecule has 3 atom stereocenters. The van der Waals surface area contributed by atoms with E-state index in [1.165, 1.54) is 18.4 Å². The summed E-state index contributed by atoms with van der Waals surface area (Å²) in [5.74, 6) is 3.50. The van der Waals surface area contributed by atoms with E-state index in [2.05, 4.69) is 45.4 Å². The highest BCUT2D eigenvalue weighted by molar-refractivity contribution is 5.77. The number of fused-ring (bicyclic) bond motifs is 3. The van der Waals surface area contributed by atoms with Crippen LogP contribution in [0.25, 0.3) is 16.8 Å². The van der Waals surface area contributed by atoms with Gasteiger partial charge >= 0.3 is 6.01 Å². The lowest BCUT2D eigenvalue weighted by atomic mass is 9.82. The van der Waals surface area contributed by atoms with E-state index in [9.17, 15) is 0 Å². The minimum atomic E-state index is 0.614. The molecule has 0 spiro atoms. The highest BCUT2D eigenvalue weighted by Gasteiger charge is 2.43. The molecule has 0 N–H and O–H groups in total. The molecule has 152 valence electrons. The van der Waals surface area contributed by atoms with Crippen molar-refractivity contribution in [3.05, 3.63) is 60.3 Å². The summed E-state index contributed by atoms with van der Waals surface area (Å²) in [7, 11) is 0. The van der Waals surface area contributed by atoms with Gasteiger partial charge < -0.3 is 9.42 Å². The average Bonchev–Trinajstić information content (AvgIpc) is 3.44. The van der Waals surface area contributed by atoms with E-state index in [4.69, 9.17) is 14.6 Å². The van der Waals surface area contributed by atoms with Gasteiger partial charge in [-0.15, -0.1) is 0 Å². The molecule has 1 saturated carbocycles. The fourth-order valence-corrected chi connectivity index (χ4v) is 5.33. The number of pyridine rings is 1. The Morgan fingerprint density at radius 1 is 1.00 bits per heavy atom. The van der Waals surface area contributed by atoms with E-state index in [0.29, 0.717) is 29.6 Å². The van der Waals surface area contributed by atoms with Crippen molar-refractivity contribution in [3.63, 3.8) is 0 Å². The maximum absolute atomic E-state index is 5.41. The van der Waals surface area contributed by atoms with Gasteiger partial charge in [0, 0.05) is 31.3 Å². The fourth-order valence-electron chi connectivity index (χ4n) is 5.33. The smallest absolute Gasteiger partial charge is 0.324 e. The highest BCUT2D eigenvalue weighted by Crippen LogP contribution is 2.44. The molecule has 7 heteroatoms. The molecule has 2 bridgehead atoms. The molecule has 30 heavy (non-hydrogen) atoms. The Kier molecular flexibility index (Phi) is 4.07. The number of rotatable bonds is 4. The zero-order valence-corrected chi connectivity index (χ0v) is 17.0. The van der Waals surface area contributed by atoms with Crippen LogP contribution in [0.4, 0.5) is 6.01 Å². The normalized spacial score (nSPS) is 23.4. The molecule has 6 rings (SSSR count). The van der Waals surface area contributed by atoms with Crippen LogP contribution in [-0.4, -0.2) is 37.8 Å². The number of nitrogens with zero attached hydrogens (tertiary/aromatic N) is 6. The van der Waals surface area contributed by atoms with E-state index in [0.717, 1.165) is 36.5 Å². The van der Waals surface area contributed by atoms with Crippen LogP contribution in [0, 0.1) is 24.7 Å². The van der Waals surface area contributed by atoms with Gasteiger partial charge in [-0.3, -0.25) is 0 Å². The summed E-state index contributed by atoms with van der Waals surface area (Å²) in [6.45, 7) is 3.82. The predicted octanol–water partition coefficient (Wildman–Crippen LogP) is 3.79. The van der Waals surface area contributed by atoms with Crippen LogP contribution in [0.1, 0.15) is 24.5 Å². The third kappa shape index (κ3) is 2.96. The third-order valence-electron chi connectivity index (χ3n) is 6.73. The summed E-state index contributed by atoms with van der Waals surface area (Å²) in [4.78, 5) is 11.7. The molecule has 2 fully saturated rings. The van der Waals surface area contributed by atoms with Crippen LogP contribution in [0.2, 0.25) is 0 Å². The van der Waals surface area contributed by atoms with Crippen molar-refractivity contribution in [2.75, 3.05) is 18.0 Å². The van der Waals surface area contributed by atoms with Gasteiger partial charge in [0.1, 0.15) is 0 Å². The first-order valence-electron chi connectivity index (χ1n) is 10.7. The lowest BCUT2D eigenvalue weighted by Crippen LogP contribution is -2.43. The fraction of sp³-hybridized carbons (Fsp3) is 0.391. The van der Waals surface area contributed by atoms with Crippen LogP contribution < -0.4 is 4.90 Å². The van der Waals surface area contributed by atoms with Crippen molar-refractivity contribution in [2.24, 2.45) is 17.8 Å². The quantitative estimate of drug-likeness (QED) is 0.519. The van der Waals surface area contributed by atoms with Crippen LogP contribution >= 0.6 is 0 Å². The first kappa shape index (κ1) is 17.6. The van der Waals surface area contributed by atoms with E-state index in [-0.39, 0.29) is 0 Å². The summed E-state index contributed by atoms with van der Waals surface area (Å²) >= 11 is 0. The molecule has 1 saturated heterocycles. The van der Waals surface area contributed by atoms with Crippen LogP contribution in [0.5, 0.6) is 0 Å². The maximum atomic E-state index is 5.41. The molecular formula is C23H24N6O. The van der Waals surface area contributed by atoms with Crippen molar-refractivity contribution in [1.82, 2.24) is 24.7 Å². The van der Waals surface area contributed by atoms with Gasteiger partial charge in [-0.05, 0) is 55.2 Å². The summed E-state index contributed by atoms with van der Waals surface area (Å²) < 4.78 is 7.34. The predicted molar refractivity (Wildman–Crippen MR) is 113 cm³/mol. The van der Waals surface area contributed by atoms with Gasteiger partial charge in [0.15, 0.2) is 17.3 Å². The largest absolute Gasteiger partial charge is 0.324 e. The Morgan fingerprint density at radius 2 is 1.80 bits per heavy atom. The molecule has 7 nitrogen and oxygen atoms in total. The maximum Gasteiger partial charge on any atom is 0.324 e. The topological polar surface area (TPSA) is 72.4 Å². The first-order chi connectivity index (χ1) is 14.7. The lowest BCUT2D eigenvalue weighted by Gasteiger charge is -2.36. The molecule has 4 heterocycles. The zero-order valence-electron chi connectivity index (χ0n) is 17.0. The summed E-state index contributed by atoms with van der Waals surface area (Å²) in [6.07, 6.45) is 5.43. The van der Waals surface area contributed by atoms with E-state index >= 15 is 0 Å². The van der Waals surface area contributed by atoms with Crippen molar-refractivity contribution in [3.8, 4) is 11.1 Å². The Hall–Kier alpha value is -3.22. The number of hydrogen-bond donors (Lipinski definition) is 0. The van der Waals surface area contributed by atoms with Gasteiger partial charge in [0.2, 0.25) is 0 Å². The van der Waals surface area contributed by atoms with Crippen LogP contribution in [-0.2, 0) is 6.42 Å². The van der Waals surface area contributed by atoms with Crippen molar-refractivity contribution < 1.29 is 4.52 Å². The highest BCUT2D eigenvalue weighted by atomic mass is 16.5. The monoisotopic (exact) mass is 400 g/mol. The Balaban J connectivity index is 1.25. The standard InChI is InChI=1S/C23H24N6O/c1-15-24-23(30-27-15)28-13-17-9-10-18(14-28)20(17)12-21-25-22-19(8-5-11-29(22)26-21)16-6-3-2-4-7-16/h2-8,11,17-18,20H,9-10,12-14H2,1H3/t17-,18+,20?. The van der Waals surface area contributed by atoms with Crippen molar-refractivity contribution in [2.45, 2.75) is 26.2 Å². The molecule has 1 aliphatic carbocycles. The Bertz CT molecular complexity index is 1170. The van der Waals surface area contributed by atoms with E-state index in [1.54, 1.807) is 0 Å². The third-order valence-corrected chi connectivity index (χ3v) is 6.73. The van der Waals surface area contributed by atoms with Gasteiger partial charge in [-0.2, -0.15) is 10.1 Å². The first-order valence-corrected chi connectivity index (χ1v) is 10.7. The molecule has 1 aromatic carbocycles. The van der Waals surface area contributed by atoms with Crippen LogP contribution in [0.15, 0.2) is 53.2 Å². The molecule has 0 amide bonds. The second kappa shape index (κ2) is 6.93. The molecule has 3 aromatic heterocycles. The van der Waals surface area contributed by atoms with E-state index in [1.807, 2.05) is 29.8 Å². The number of anilines is 1. The Morgan fingerprint density at radius 3 is 2.53 bits per heavy atom. The Labute approximate surface area is 174 Å². The molecular weight excluding hydrogens is 376 g/mol. The molecule has 0 radical (unpaired) electrons. The van der Waals surface area contributed by atoms with Gasteiger partial charge in [0.25, 0.3) is 0 Å². The molecule has 1 unspecified atom stereocenters. The van der Waals surface area contributed by atoms with Crippen molar-refractivity contribution >= 4 is 11.7 Å². The second-order valence-electron chi connectivity index (χ2n) is 8.58. The van der Waals surface area contributed by atoms with Gasteiger partial charge in [-0.25, -0.2) is 9.50 Å². The number of aromatic nitrogens is 5. The lowest BCUT2D eigenvalue weighted by molar-refractivity contribution is 0.254. The van der Waals surface area contributed by atoms with Gasteiger partial charge in [0.05, 0.1) is 0 Å². The summed E-state index contributed by atoms with van der Waals surface area (Å²) in [5, 5.41) is 8.78. The minimum Gasteiger partial charge on any atom is -0.324 e.